The van der Waals surface area contributed by atoms with Crippen molar-refractivity contribution in [3.8, 4) is 0 Å². The van der Waals surface area contributed by atoms with Crippen LogP contribution in [0.4, 0.5) is 15.6 Å². The molecule has 0 spiro atoms. The van der Waals surface area contributed by atoms with Crippen molar-refractivity contribution in [1.29, 1.82) is 0 Å². The molecule has 0 unspecified atom stereocenters. The third-order valence-electron chi connectivity index (χ3n) is 4.13. The van der Waals surface area contributed by atoms with Gasteiger partial charge in [0, 0.05) is 17.6 Å². The third-order valence-corrected chi connectivity index (χ3v) is 5.87. The Bertz CT molecular complexity index is 1150. The predicted molar refractivity (Wildman–Crippen MR) is 119 cm³/mol. The monoisotopic (exact) mass is 459 g/mol. The first-order chi connectivity index (χ1) is 14.8. The second-order valence-corrected chi connectivity index (χ2v) is 8.97. The number of hydrogen-bond donors (Lipinski definition) is 4. The van der Waals surface area contributed by atoms with Gasteiger partial charge in [-0.15, -0.1) is 11.3 Å². The first kappa shape index (κ1) is 22.4. The number of nitrogens with zero attached hydrogens (tertiary/aromatic N) is 1. The summed E-state index contributed by atoms with van der Waals surface area (Å²) in [6, 6.07) is 14.8. The van der Waals surface area contributed by atoms with Gasteiger partial charge in [0.15, 0.2) is 5.13 Å². The highest BCUT2D eigenvalue weighted by molar-refractivity contribution is 7.89. The molecule has 1 heterocycles. The van der Waals surface area contributed by atoms with Crippen LogP contribution < -0.4 is 21.1 Å². The normalized spacial score (nSPS) is 11.0. The molecular formula is C20H21N5O4S2. The largest absolute Gasteiger partial charge is 0.355 e. The minimum atomic E-state index is -3.72. The zero-order valence-electron chi connectivity index (χ0n) is 16.4. The summed E-state index contributed by atoms with van der Waals surface area (Å²) < 4.78 is 22.5. The standard InChI is InChI=1S/C20H21N5O4S2/c21-31(28,29)17-8-6-14(7-9-17)10-11-22-18(26)12-16-13-30-20(24-16)25-19(27)23-15-4-2-1-3-5-15/h1-9,13H,10-12H2,(H,22,26)(H2,21,28,29)(H2,23,24,25,27). The van der Waals surface area contributed by atoms with Crippen molar-refractivity contribution in [2.75, 3.05) is 17.2 Å². The second-order valence-electron chi connectivity index (χ2n) is 6.55. The summed E-state index contributed by atoms with van der Waals surface area (Å²) in [5.41, 5.74) is 2.09. The van der Waals surface area contributed by atoms with Gasteiger partial charge in [0.25, 0.3) is 0 Å². The van der Waals surface area contributed by atoms with E-state index in [2.05, 4.69) is 20.9 Å². The smallest absolute Gasteiger partial charge is 0.325 e. The summed E-state index contributed by atoms with van der Waals surface area (Å²) in [5, 5.41) is 15.3. The Hall–Kier alpha value is -3.28. The molecule has 3 rings (SSSR count). The molecule has 0 radical (unpaired) electrons. The number of para-hydroxylation sites is 1. The van der Waals surface area contributed by atoms with Crippen LogP contribution in [0.5, 0.6) is 0 Å². The summed E-state index contributed by atoms with van der Waals surface area (Å²) >= 11 is 1.23. The Morgan fingerprint density at radius 1 is 1.00 bits per heavy atom. The first-order valence-electron chi connectivity index (χ1n) is 9.25. The minimum Gasteiger partial charge on any atom is -0.355 e. The third kappa shape index (κ3) is 7.17. The van der Waals surface area contributed by atoms with Gasteiger partial charge in [0.05, 0.1) is 17.0 Å². The molecule has 0 fully saturated rings. The second kappa shape index (κ2) is 10.2. The van der Waals surface area contributed by atoms with Gasteiger partial charge in [-0.1, -0.05) is 30.3 Å². The number of nitrogens with one attached hydrogen (secondary N) is 3. The Kier molecular flexibility index (Phi) is 7.34. The van der Waals surface area contributed by atoms with Crippen LogP contribution in [0.1, 0.15) is 11.3 Å². The maximum atomic E-state index is 12.1. The topological polar surface area (TPSA) is 143 Å². The molecule has 0 bridgehead atoms. The molecule has 3 amide bonds. The van der Waals surface area contributed by atoms with Crippen LogP contribution in [0.2, 0.25) is 0 Å². The maximum Gasteiger partial charge on any atom is 0.325 e. The van der Waals surface area contributed by atoms with E-state index in [1.54, 1.807) is 29.6 Å². The summed E-state index contributed by atoms with van der Waals surface area (Å²) in [4.78, 5) is 28.4. The van der Waals surface area contributed by atoms with E-state index in [-0.39, 0.29) is 17.2 Å². The molecule has 1 aromatic heterocycles. The van der Waals surface area contributed by atoms with Gasteiger partial charge in [0.2, 0.25) is 15.9 Å². The average molecular weight is 460 g/mol. The van der Waals surface area contributed by atoms with Crippen LogP contribution in [-0.2, 0) is 27.7 Å². The number of nitrogens with two attached hydrogens (primary N) is 1. The lowest BCUT2D eigenvalue weighted by molar-refractivity contribution is -0.120. The van der Waals surface area contributed by atoms with Gasteiger partial charge in [-0.25, -0.2) is 23.3 Å². The van der Waals surface area contributed by atoms with E-state index in [0.717, 1.165) is 5.56 Å². The molecule has 5 N–H and O–H groups in total. The fourth-order valence-electron chi connectivity index (χ4n) is 2.65. The molecule has 31 heavy (non-hydrogen) atoms. The summed E-state index contributed by atoms with van der Waals surface area (Å²) in [5.74, 6) is -0.202. The van der Waals surface area contributed by atoms with Crippen LogP contribution in [-0.4, -0.2) is 31.9 Å². The highest BCUT2D eigenvalue weighted by atomic mass is 32.2. The molecule has 0 atom stereocenters. The van der Waals surface area contributed by atoms with Gasteiger partial charge in [-0.2, -0.15) is 0 Å². The van der Waals surface area contributed by atoms with Crippen LogP contribution >= 0.6 is 11.3 Å². The van der Waals surface area contributed by atoms with E-state index in [4.69, 9.17) is 5.14 Å². The minimum absolute atomic E-state index is 0.0469. The molecule has 0 saturated carbocycles. The van der Waals surface area contributed by atoms with Crippen LogP contribution in [0, 0.1) is 0 Å². The highest BCUT2D eigenvalue weighted by Crippen LogP contribution is 2.16. The van der Waals surface area contributed by atoms with Crippen LogP contribution in [0.3, 0.4) is 0 Å². The van der Waals surface area contributed by atoms with E-state index >= 15 is 0 Å². The number of anilines is 2. The zero-order chi connectivity index (χ0) is 22.3. The number of primary sulfonamides is 1. The SMILES string of the molecule is NS(=O)(=O)c1ccc(CCNC(=O)Cc2csc(NC(=O)Nc3ccccc3)n2)cc1. The molecule has 3 aromatic rings. The molecule has 0 aliphatic rings. The van der Waals surface area contributed by atoms with Crippen LogP contribution in [0.15, 0.2) is 64.9 Å². The van der Waals surface area contributed by atoms with E-state index in [1.807, 2.05) is 18.2 Å². The van der Waals surface area contributed by atoms with Gasteiger partial charge < -0.3 is 10.6 Å². The van der Waals surface area contributed by atoms with Crippen molar-refractivity contribution in [3.63, 3.8) is 0 Å². The highest BCUT2D eigenvalue weighted by Gasteiger charge is 2.10. The fraction of sp³-hybridized carbons (Fsp3) is 0.150. The van der Waals surface area contributed by atoms with E-state index < -0.39 is 16.1 Å². The molecule has 11 heteroatoms. The van der Waals surface area contributed by atoms with Crippen molar-refractivity contribution in [2.24, 2.45) is 5.14 Å². The van der Waals surface area contributed by atoms with Crippen molar-refractivity contribution in [1.82, 2.24) is 10.3 Å². The number of sulfonamides is 1. The van der Waals surface area contributed by atoms with E-state index in [0.29, 0.717) is 29.5 Å². The number of carbonyl (C=O) groups excluding carboxylic acids is 2. The molecule has 162 valence electrons. The lowest BCUT2D eigenvalue weighted by Crippen LogP contribution is -2.27. The lowest BCUT2D eigenvalue weighted by atomic mass is 10.1. The number of hydrogen-bond acceptors (Lipinski definition) is 6. The van der Waals surface area contributed by atoms with Gasteiger partial charge in [-0.05, 0) is 36.2 Å². The number of rotatable bonds is 8. The van der Waals surface area contributed by atoms with Crippen LogP contribution in [0.25, 0.3) is 0 Å². The Labute approximate surface area is 183 Å². The number of benzene rings is 2. The quantitative estimate of drug-likeness (QED) is 0.409. The Morgan fingerprint density at radius 2 is 1.71 bits per heavy atom. The number of amides is 3. The Morgan fingerprint density at radius 3 is 2.39 bits per heavy atom. The van der Waals surface area contributed by atoms with Crippen molar-refractivity contribution in [3.05, 3.63) is 71.2 Å². The Balaban J connectivity index is 1.42. The van der Waals surface area contributed by atoms with E-state index in [1.165, 1.54) is 23.5 Å². The predicted octanol–water partition coefficient (Wildman–Crippen LogP) is 2.34. The van der Waals surface area contributed by atoms with E-state index in [9.17, 15) is 18.0 Å². The average Bonchev–Trinajstić information content (AvgIpc) is 3.15. The molecule has 9 nitrogen and oxygen atoms in total. The molecule has 2 aromatic carbocycles. The van der Waals surface area contributed by atoms with Gasteiger partial charge in [-0.3, -0.25) is 10.1 Å². The summed E-state index contributed by atoms with van der Waals surface area (Å²) in [6.07, 6.45) is 0.628. The van der Waals surface area contributed by atoms with Gasteiger partial charge >= 0.3 is 6.03 Å². The molecule has 0 saturated heterocycles. The summed E-state index contributed by atoms with van der Waals surface area (Å²) in [7, 11) is -3.72. The number of carbonyl (C=O) groups is 2. The number of urea groups is 1. The fourth-order valence-corrected chi connectivity index (χ4v) is 3.87. The molecule has 0 aliphatic heterocycles. The molecule has 0 aliphatic carbocycles. The van der Waals surface area contributed by atoms with Crippen molar-refractivity contribution >= 4 is 44.1 Å². The lowest BCUT2D eigenvalue weighted by Gasteiger charge is -2.06. The number of thiazole rings is 1. The number of aromatic nitrogens is 1. The van der Waals surface area contributed by atoms with Crippen molar-refractivity contribution < 1.29 is 18.0 Å². The zero-order valence-corrected chi connectivity index (χ0v) is 18.0. The first-order valence-corrected chi connectivity index (χ1v) is 11.7. The van der Waals surface area contributed by atoms with Gasteiger partial charge in [0.1, 0.15) is 0 Å². The van der Waals surface area contributed by atoms with Crippen molar-refractivity contribution in [2.45, 2.75) is 17.7 Å². The molecular weight excluding hydrogens is 438 g/mol. The maximum absolute atomic E-state index is 12.1. The summed E-state index contributed by atoms with van der Waals surface area (Å²) in [6.45, 7) is 0.391.